The summed E-state index contributed by atoms with van der Waals surface area (Å²) in [7, 11) is 0. The fourth-order valence-corrected chi connectivity index (χ4v) is 4.85. The highest BCUT2D eigenvalue weighted by molar-refractivity contribution is 5.84. The molecule has 2 aliphatic heterocycles. The number of hydrogen-bond donors (Lipinski definition) is 1. The summed E-state index contributed by atoms with van der Waals surface area (Å²) in [5.41, 5.74) is -2.23. The molecule has 0 radical (unpaired) electrons. The normalized spacial score (nSPS) is 24.9. The van der Waals surface area contributed by atoms with Crippen LogP contribution in [0.15, 0.2) is 36.4 Å². The Kier molecular flexibility index (Phi) is 12.4. The predicted octanol–water partition coefficient (Wildman–Crippen LogP) is 5.30. The topological polar surface area (TPSA) is 153 Å². The third-order valence-corrected chi connectivity index (χ3v) is 7.94. The zero-order chi connectivity index (χ0) is 38.0. The van der Waals surface area contributed by atoms with Crippen LogP contribution in [0.1, 0.15) is 100 Å². The average molecular weight is 702 g/mol. The van der Waals surface area contributed by atoms with Crippen molar-refractivity contribution in [3.8, 4) is 0 Å². The third kappa shape index (κ3) is 10.6. The lowest BCUT2D eigenvalue weighted by Crippen LogP contribution is -2.67. The molecule has 7 atom stereocenters. The fraction of sp³-hybridized carbons (Fsp3) is 0.658. The van der Waals surface area contributed by atoms with Crippen LogP contribution in [0.3, 0.4) is 0 Å². The number of carbonyl (C=O) groups is 5. The summed E-state index contributed by atoms with van der Waals surface area (Å²) < 4.78 is 36.2. The Morgan fingerprint density at radius 2 is 1.24 bits per heavy atom. The number of ether oxygens (including phenoxy) is 6. The summed E-state index contributed by atoms with van der Waals surface area (Å²) in [6, 6.07) is 6.77. The molecule has 1 N–H and O–H groups in total. The molecule has 12 heteroatoms. The molecule has 278 valence electrons. The van der Waals surface area contributed by atoms with E-state index in [-0.39, 0.29) is 0 Å². The molecule has 0 bridgehead atoms. The molecule has 1 aromatic carbocycles. The van der Waals surface area contributed by atoms with E-state index in [2.05, 4.69) is 5.32 Å². The number of aryl methyl sites for hydroxylation is 1. The molecule has 0 spiro atoms. The molecule has 1 fully saturated rings. The van der Waals surface area contributed by atoms with Gasteiger partial charge in [0.25, 0.3) is 0 Å². The van der Waals surface area contributed by atoms with Gasteiger partial charge >= 0.3 is 29.8 Å². The van der Waals surface area contributed by atoms with Crippen LogP contribution in [-0.2, 0) is 52.4 Å². The number of benzene rings is 1. The van der Waals surface area contributed by atoms with Crippen LogP contribution in [0, 0.1) is 28.6 Å². The first kappa shape index (κ1) is 40.7. The summed E-state index contributed by atoms with van der Waals surface area (Å²) in [6.45, 7) is 21.6. The van der Waals surface area contributed by atoms with Crippen molar-refractivity contribution >= 4 is 29.8 Å². The zero-order valence-corrected chi connectivity index (χ0v) is 31.7. The molecule has 0 aromatic heterocycles. The van der Waals surface area contributed by atoms with Crippen molar-refractivity contribution in [1.82, 2.24) is 5.32 Å². The van der Waals surface area contributed by atoms with E-state index < -0.39 is 101 Å². The summed E-state index contributed by atoms with van der Waals surface area (Å²) in [6.07, 6.45) is -4.53. The van der Waals surface area contributed by atoms with Gasteiger partial charge in [-0.1, -0.05) is 29.8 Å². The van der Waals surface area contributed by atoms with E-state index in [9.17, 15) is 24.0 Å². The highest BCUT2D eigenvalue weighted by Crippen LogP contribution is 2.35. The van der Waals surface area contributed by atoms with Gasteiger partial charge in [0.2, 0.25) is 0 Å². The van der Waals surface area contributed by atoms with Crippen molar-refractivity contribution in [2.24, 2.45) is 21.7 Å². The second-order valence-corrected chi connectivity index (χ2v) is 17.1. The number of nitrogens with one attached hydrogen (secondary N) is 1. The molecular weight excluding hydrogens is 646 g/mol. The number of carbonyl (C=O) groups excluding carboxylic acids is 5. The highest BCUT2D eigenvalue weighted by atomic mass is 16.7. The summed E-state index contributed by atoms with van der Waals surface area (Å²) in [4.78, 5) is 65.9. The summed E-state index contributed by atoms with van der Waals surface area (Å²) in [5.74, 6) is -3.04. The Morgan fingerprint density at radius 1 is 0.740 bits per heavy atom. The van der Waals surface area contributed by atoms with E-state index in [1.54, 1.807) is 89.2 Å². The van der Waals surface area contributed by atoms with Gasteiger partial charge in [-0.05, 0) is 102 Å². The lowest BCUT2D eigenvalue weighted by Gasteiger charge is -2.47. The molecule has 0 amide bonds. The first-order valence-corrected chi connectivity index (χ1v) is 17.0. The second kappa shape index (κ2) is 15.2. The van der Waals surface area contributed by atoms with E-state index in [1.807, 2.05) is 31.2 Å². The second-order valence-electron chi connectivity index (χ2n) is 17.1. The van der Waals surface area contributed by atoms with Crippen molar-refractivity contribution in [3.63, 3.8) is 0 Å². The van der Waals surface area contributed by atoms with Crippen LogP contribution >= 0.6 is 0 Å². The van der Waals surface area contributed by atoms with Crippen LogP contribution in [0.25, 0.3) is 0 Å². The molecule has 0 aliphatic carbocycles. The SMILES string of the molecule is Cc1cccc([C@@H](N[C@@H]2O[C@H](COC(=O)C(C)(C)C)[C@H](OC(=O)C(C)(C)C)[C@H](OC(=O)C(C)(C)C)[C@H]2OC(=O)C(C)(C)C)[C@@H]2C=CC(=O)O2)c1. The lowest BCUT2D eigenvalue weighted by molar-refractivity contribution is -0.266. The standard InChI is InChI=1S/C38H55NO11/c1-21-15-14-16-22(19-21)26(23-17-18-25(40)46-23)39-30-29(50-34(44)38(11,12)13)28(49-33(43)37(8,9)10)27(48-32(42)36(5,6)7)24(47-30)20-45-31(41)35(2,3)4/h14-19,23-24,26-30,39H,20H2,1-13H3/t23-,24+,26+,27-,28-,29+,30+/m0/s1. The average Bonchev–Trinajstić information content (AvgIpc) is 3.40. The molecule has 1 aromatic rings. The smallest absolute Gasteiger partial charge is 0.331 e. The first-order chi connectivity index (χ1) is 22.8. The van der Waals surface area contributed by atoms with Gasteiger partial charge < -0.3 is 28.4 Å². The third-order valence-electron chi connectivity index (χ3n) is 7.94. The van der Waals surface area contributed by atoms with E-state index in [1.165, 1.54) is 6.08 Å². The molecule has 2 aliphatic rings. The van der Waals surface area contributed by atoms with Crippen LogP contribution in [0.2, 0.25) is 0 Å². The molecule has 1 saturated heterocycles. The molecule has 0 saturated carbocycles. The monoisotopic (exact) mass is 701 g/mol. The molecular formula is C38H55NO11. The van der Waals surface area contributed by atoms with Gasteiger partial charge in [-0.3, -0.25) is 24.5 Å². The van der Waals surface area contributed by atoms with Gasteiger partial charge in [-0.2, -0.15) is 0 Å². The minimum Gasteiger partial charge on any atom is -0.462 e. The molecule has 50 heavy (non-hydrogen) atoms. The lowest BCUT2D eigenvalue weighted by atomic mass is 9.91. The molecule has 0 unspecified atom stereocenters. The highest BCUT2D eigenvalue weighted by Gasteiger charge is 2.55. The van der Waals surface area contributed by atoms with Gasteiger partial charge in [-0.15, -0.1) is 0 Å². The van der Waals surface area contributed by atoms with Crippen LogP contribution in [0.4, 0.5) is 0 Å². The van der Waals surface area contributed by atoms with Crippen molar-refractivity contribution in [2.75, 3.05) is 6.61 Å². The van der Waals surface area contributed by atoms with Gasteiger partial charge in [0.1, 0.15) is 18.8 Å². The van der Waals surface area contributed by atoms with E-state index in [0.717, 1.165) is 11.1 Å². The minimum absolute atomic E-state index is 0.396. The Hall–Kier alpha value is -3.77. The largest absolute Gasteiger partial charge is 0.462 e. The quantitative estimate of drug-likeness (QED) is 0.263. The van der Waals surface area contributed by atoms with Crippen LogP contribution in [0.5, 0.6) is 0 Å². The number of hydrogen-bond acceptors (Lipinski definition) is 12. The predicted molar refractivity (Wildman–Crippen MR) is 183 cm³/mol. The number of esters is 5. The van der Waals surface area contributed by atoms with Gasteiger partial charge in [0.15, 0.2) is 24.5 Å². The van der Waals surface area contributed by atoms with E-state index >= 15 is 0 Å². The Bertz CT molecular complexity index is 1450. The maximum absolute atomic E-state index is 13.6. The summed E-state index contributed by atoms with van der Waals surface area (Å²) in [5, 5.41) is 3.36. The van der Waals surface area contributed by atoms with E-state index in [4.69, 9.17) is 28.4 Å². The van der Waals surface area contributed by atoms with Gasteiger partial charge in [0, 0.05) is 6.08 Å². The van der Waals surface area contributed by atoms with Crippen LogP contribution in [-0.4, -0.2) is 73.2 Å². The Morgan fingerprint density at radius 3 is 1.70 bits per heavy atom. The minimum atomic E-state index is -1.43. The maximum Gasteiger partial charge on any atom is 0.331 e. The van der Waals surface area contributed by atoms with Crippen molar-refractivity contribution in [3.05, 3.63) is 47.5 Å². The summed E-state index contributed by atoms with van der Waals surface area (Å²) >= 11 is 0. The van der Waals surface area contributed by atoms with Gasteiger partial charge in [-0.25, -0.2) is 4.79 Å². The van der Waals surface area contributed by atoms with Crippen molar-refractivity contribution in [1.29, 1.82) is 0 Å². The Labute approximate surface area is 295 Å². The fourth-order valence-electron chi connectivity index (χ4n) is 4.85. The van der Waals surface area contributed by atoms with E-state index in [0.29, 0.717) is 0 Å². The van der Waals surface area contributed by atoms with Crippen LogP contribution < -0.4 is 5.32 Å². The zero-order valence-electron chi connectivity index (χ0n) is 31.7. The van der Waals surface area contributed by atoms with Gasteiger partial charge in [0.05, 0.1) is 27.7 Å². The first-order valence-electron chi connectivity index (χ1n) is 17.0. The van der Waals surface area contributed by atoms with Crippen molar-refractivity contribution in [2.45, 2.75) is 133 Å². The molecule has 2 heterocycles. The van der Waals surface area contributed by atoms with Crippen molar-refractivity contribution < 1.29 is 52.4 Å². The number of cyclic esters (lactones) is 1. The maximum atomic E-state index is 13.6. The number of rotatable bonds is 9. The molecule has 3 rings (SSSR count). The molecule has 12 nitrogen and oxygen atoms in total. The Balaban J connectivity index is 2.24.